The number of benzene rings is 1. The van der Waals surface area contributed by atoms with Crippen molar-refractivity contribution in [2.45, 2.75) is 59.3 Å². The van der Waals surface area contributed by atoms with Crippen molar-refractivity contribution in [2.75, 3.05) is 19.0 Å². The molecule has 4 rings (SSSR count). The number of hydrogen-bond acceptors (Lipinski definition) is 5. The van der Waals surface area contributed by atoms with Crippen LogP contribution >= 0.6 is 0 Å². The number of pyridine rings is 1. The van der Waals surface area contributed by atoms with Crippen LogP contribution in [0.4, 0.5) is 5.95 Å². The fraction of sp³-hybridized carbons (Fsp3) is 0.462. The topological polar surface area (TPSA) is 54.8 Å². The van der Waals surface area contributed by atoms with Gasteiger partial charge in [-0.15, -0.1) is 0 Å². The largest absolute Gasteiger partial charge is 0.347 e. The van der Waals surface area contributed by atoms with Crippen molar-refractivity contribution in [3.63, 3.8) is 0 Å². The molecule has 2 heterocycles. The van der Waals surface area contributed by atoms with Gasteiger partial charge in [0.15, 0.2) is 5.82 Å². The Kier molecular flexibility index (Phi) is 4.73. The summed E-state index contributed by atoms with van der Waals surface area (Å²) >= 11 is 0. The highest BCUT2D eigenvalue weighted by molar-refractivity contribution is 5.67. The standard InChI is InChI=1S/C26H33N5/c1-16-28-22(30-23(29-16)31(8)9)18-11-13-21(27-15-18)17-10-12-19-20(14-17)25(4,5)26(6,7)24(19,2)3/h10-15H,1-9H3. The highest BCUT2D eigenvalue weighted by atomic mass is 15.2. The van der Waals surface area contributed by atoms with Gasteiger partial charge in [-0.3, -0.25) is 4.98 Å². The Morgan fingerprint density at radius 2 is 1.39 bits per heavy atom. The molecule has 0 saturated carbocycles. The van der Waals surface area contributed by atoms with Gasteiger partial charge in [0.25, 0.3) is 0 Å². The number of aromatic nitrogens is 4. The van der Waals surface area contributed by atoms with E-state index in [0.717, 1.165) is 16.8 Å². The fourth-order valence-electron chi connectivity index (χ4n) is 4.71. The number of hydrogen-bond donors (Lipinski definition) is 0. The normalized spacial score (nSPS) is 18.0. The molecule has 0 aliphatic heterocycles. The van der Waals surface area contributed by atoms with Gasteiger partial charge in [-0.25, -0.2) is 4.98 Å². The lowest BCUT2D eigenvalue weighted by atomic mass is 9.59. The molecule has 0 radical (unpaired) electrons. The van der Waals surface area contributed by atoms with Gasteiger partial charge in [0, 0.05) is 31.4 Å². The van der Waals surface area contributed by atoms with Crippen LogP contribution < -0.4 is 4.90 Å². The fourth-order valence-corrected chi connectivity index (χ4v) is 4.71. The molecule has 0 fully saturated rings. The first-order valence-corrected chi connectivity index (χ1v) is 10.9. The van der Waals surface area contributed by atoms with Gasteiger partial charge in [0.05, 0.1) is 5.69 Å². The Hall–Kier alpha value is -2.82. The molecular weight excluding hydrogens is 382 g/mol. The minimum Gasteiger partial charge on any atom is -0.347 e. The zero-order valence-corrected chi connectivity index (χ0v) is 20.2. The Morgan fingerprint density at radius 3 is 2.00 bits per heavy atom. The lowest BCUT2D eigenvalue weighted by Gasteiger charge is -2.44. The number of nitrogens with zero attached hydrogens (tertiary/aromatic N) is 5. The van der Waals surface area contributed by atoms with Crippen molar-refractivity contribution in [3.05, 3.63) is 53.5 Å². The predicted molar refractivity (Wildman–Crippen MR) is 127 cm³/mol. The van der Waals surface area contributed by atoms with Crippen LogP contribution in [0.2, 0.25) is 0 Å². The highest BCUT2D eigenvalue weighted by Crippen LogP contribution is 2.61. The van der Waals surface area contributed by atoms with Gasteiger partial charge in [-0.2, -0.15) is 9.97 Å². The second kappa shape index (κ2) is 6.84. The van der Waals surface area contributed by atoms with E-state index >= 15 is 0 Å². The quantitative estimate of drug-likeness (QED) is 0.560. The predicted octanol–water partition coefficient (Wildman–Crippen LogP) is 5.57. The minimum atomic E-state index is 0.0762. The maximum absolute atomic E-state index is 4.76. The molecule has 162 valence electrons. The molecule has 5 heteroatoms. The van der Waals surface area contributed by atoms with Crippen LogP contribution in [0.5, 0.6) is 0 Å². The van der Waals surface area contributed by atoms with Gasteiger partial charge >= 0.3 is 0 Å². The molecule has 31 heavy (non-hydrogen) atoms. The Bertz CT molecular complexity index is 1140. The summed E-state index contributed by atoms with van der Waals surface area (Å²) in [6, 6.07) is 10.9. The Balaban J connectivity index is 1.73. The van der Waals surface area contributed by atoms with Gasteiger partial charge < -0.3 is 4.90 Å². The summed E-state index contributed by atoms with van der Waals surface area (Å²) in [7, 11) is 3.86. The summed E-state index contributed by atoms with van der Waals surface area (Å²) in [6.45, 7) is 16.1. The average Bonchev–Trinajstić information content (AvgIpc) is 2.82. The SMILES string of the molecule is Cc1nc(-c2ccc(-c3ccc4c(c3)C(C)(C)C(C)(C)C4(C)C)nc2)nc(N(C)C)n1. The molecule has 1 aliphatic rings. The van der Waals surface area contributed by atoms with Crippen LogP contribution in [-0.2, 0) is 10.8 Å². The molecule has 0 spiro atoms. The van der Waals surface area contributed by atoms with Gasteiger partial charge in [0.1, 0.15) is 5.82 Å². The Morgan fingerprint density at radius 1 is 0.742 bits per heavy atom. The maximum atomic E-state index is 4.76. The number of anilines is 1. The summed E-state index contributed by atoms with van der Waals surface area (Å²) in [6.07, 6.45) is 1.86. The summed E-state index contributed by atoms with van der Waals surface area (Å²) in [5.74, 6) is 2.00. The third-order valence-electron chi connectivity index (χ3n) is 7.94. The van der Waals surface area contributed by atoms with E-state index in [2.05, 4.69) is 80.8 Å². The summed E-state index contributed by atoms with van der Waals surface area (Å²) in [5, 5.41) is 0. The zero-order chi connectivity index (χ0) is 22.8. The highest BCUT2D eigenvalue weighted by Gasteiger charge is 2.56. The first-order valence-electron chi connectivity index (χ1n) is 10.9. The number of fused-ring (bicyclic) bond motifs is 1. The van der Waals surface area contributed by atoms with Crippen LogP contribution in [0.25, 0.3) is 22.6 Å². The van der Waals surface area contributed by atoms with E-state index < -0.39 is 0 Å². The van der Waals surface area contributed by atoms with E-state index in [1.807, 2.05) is 38.2 Å². The van der Waals surface area contributed by atoms with Crippen LogP contribution in [0.3, 0.4) is 0 Å². The van der Waals surface area contributed by atoms with Crippen molar-refractivity contribution >= 4 is 5.95 Å². The molecule has 1 aliphatic carbocycles. The lowest BCUT2D eigenvalue weighted by Crippen LogP contribution is -2.42. The van der Waals surface area contributed by atoms with Crippen molar-refractivity contribution in [1.82, 2.24) is 19.9 Å². The van der Waals surface area contributed by atoms with E-state index in [9.17, 15) is 0 Å². The number of aryl methyl sites for hydroxylation is 1. The first kappa shape index (κ1) is 21.4. The second-order valence-electron chi connectivity index (χ2n) is 10.5. The van der Waals surface area contributed by atoms with Crippen molar-refractivity contribution in [3.8, 4) is 22.6 Å². The average molecular weight is 416 g/mol. The third-order valence-corrected chi connectivity index (χ3v) is 7.94. The summed E-state index contributed by atoms with van der Waals surface area (Å²) < 4.78 is 0. The van der Waals surface area contributed by atoms with E-state index in [1.165, 1.54) is 11.1 Å². The van der Waals surface area contributed by atoms with E-state index in [4.69, 9.17) is 4.98 Å². The van der Waals surface area contributed by atoms with Gasteiger partial charge in [0.2, 0.25) is 5.95 Å². The van der Waals surface area contributed by atoms with E-state index in [1.54, 1.807) is 0 Å². The van der Waals surface area contributed by atoms with E-state index in [-0.39, 0.29) is 16.2 Å². The molecule has 0 amide bonds. The van der Waals surface area contributed by atoms with Crippen molar-refractivity contribution < 1.29 is 0 Å². The molecule has 2 aromatic heterocycles. The molecule has 0 saturated heterocycles. The molecule has 0 bridgehead atoms. The molecule has 3 aromatic rings. The third kappa shape index (κ3) is 3.13. The molecule has 0 unspecified atom stereocenters. The maximum Gasteiger partial charge on any atom is 0.228 e. The van der Waals surface area contributed by atoms with Crippen LogP contribution in [-0.4, -0.2) is 34.0 Å². The van der Waals surface area contributed by atoms with Crippen LogP contribution in [0.15, 0.2) is 36.5 Å². The number of rotatable bonds is 3. The van der Waals surface area contributed by atoms with Gasteiger partial charge in [-0.05, 0) is 52.5 Å². The zero-order valence-electron chi connectivity index (χ0n) is 20.2. The van der Waals surface area contributed by atoms with Crippen molar-refractivity contribution in [2.24, 2.45) is 5.41 Å². The smallest absolute Gasteiger partial charge is 0.228 e. The molecule has 0 atom stereocenters. The minimum absolute atomic E-state index is 0.0762. The second-order valence-corrected chi connectivity index (χ2v) is 10.5. The molecule has 5 nitrogen and oxygen atoms in total. The van der Waals surface area contributed by atoms with Crippen molar-refractivity contribution in [1.29, 1.82) is 0 Å². The molecular formula is C26H33N5. The van der Waals surface area contributed by atoms with Crippen LogP contribution in [0, 0.1) is 12.3 Å². The summed E-state index contributed by atoms with van der Waals surface area (Å²) in [5.41, 5.74) is 6.21. The van der Waals surface area contributed by atoms with Gasteiger partial charge in [-0.1, -0.05) is 53.7 Å². The van der Waals surface area contributed by atoms with Crippen LogP contribution in [0.1, 0.15) is 58.5 Å². The summed E-state index contributed by atoms with van der Waals surface area (Å²) in [4.78, 5) is 20.1. The lowest BCUT2D eigenvalue weighted by molar-refractivity contribution is 0.125. The monoisotopic (exact) mass is 415 g/mol. The van der Waals surface area contributed by atoms with E-state index in [0.29, 0.717) is 17.6 Å². The first-order chi connectivity index (χ1) is 14.4. The molecule has 1 aromatic carbocycles. The Labute approximate surface area is 186 Å². The molecule has 0 N–H and O–H groups in total.